The van der Waals surface area contributed by atoms with Gasteiger partial charge in [0.05, 0.1) is 0 Å². The Labute approximate surface area is 103 Å². The minimum absolute atomic E-state index is 0.0638. The lowest BCUT2D eigenvalue weighted by Gasteiger charge is -2.17. The molecule has 0 aromatic carbocycles. The Balaban J connectivity index is 2.02. The fraction of sp³-hybridized carbons (Fsp3) is 0.545. The van der Waals surface area contributed by atoms with Crippen LogP contribution in [0.1, 0.15) is 23.8 Å². The monoisotopic (exact) mass is 285 g/mol. The summed E-state index contributed by atoms with van der Waals surface area (Å²) in [5.41, 5.74) is 6.49. The second kappa shape index (κ2) is 4.59. The lowest BCUT2D eigenvalue weighted by molar-refractivity contribution is 0.0781. The zero-order chi connectivity index (χ0) is 11.7. The molecule has 2 heterocycles. The number of aromatic amines is 1. The Morgan fingerprint density at radius 1 is 1.75 bits per heavy atom. The number of amides is 1. The highest BCUT2D eigenvalue weighted by Crippen LogP contribution is 2.21. The minimum Gasteiger partial charge on any atom is -0.356 e. The molecule has 5 heteroatoms. The standard InChI is InChI=1S/C11H16BrN3O/c1-7(13)8-2-3-15(6-8)11(16)10-4-9(12)5-14-10/h4-5,7-8,14H,2-3,6,13H2,1H3. The van der Waals surface area contributed by atoms with E-state index in [1.165, 1.54) is 0 Å². The molecule has 2 atom stereocenters. The van der Waals surface area contributed by atoms with Gasteiger partial charge in [-0.2, -0.15) is 0 Å². The van der Waals surface area contributed by atoms with Crippen molar-refractivity contribution < 1.29 is 4.79 Å². The number of carbonyl (C=O) groups is 1. The van der Waals surface area contributed by atoms with Gasteiger partial charge in [0.15, 0.2) is 0 Å². The Bertz CT molecular complexity index is 388. The summed E-state index contributed by atoms with van der Waals surface area (Å²) >= 11 is 3.32. The van der Waals surface area contributed by atoms with Crippen LogP contribution in [0.25, 0.3) is 0 Å². The largest absolute Gasteiger partial charge is 0.356 e. The zero-order valence-corrected chi connectivity index (χ0v) is 10.8. The number of hydrogen-bond donors (Lipinski definition) is 2. The number of carbonyl (C=O) groups excluding carboxylic acids is 1. The Morgan fingerprint density at radius 2 is 2.50 bits per heavy atom. The van der Waals surface area contributed by atoms with Crippen LogP contribution in [-0.2, 0) is 0 Å². The molecular weight excluding hydrogens is 270 g/mol. The topological polar surface area (TPSA) is 62.1 Å². The van der Waals surface area contributed by atoms with Gasteiger partial charge in [-0.25, -0.2) is 0 Å². The van der Waals surface area contributed by atoms with Crippen molar-refractivity contribution in [1.82, 2.24) is 9.88 Å². The maximum Gasteiger partial charge on any atom is 0.270 e. The predicted molar refractivity (Wildman–Crippen MR) is 66.2 cm³/mol. The van der Waals surface area contributed by atoms with Crippen LogP contribution < -0.4 is 5.73 Å². The minimum atomic E-state index is 0.0638. The molecule has 2 rings (SSSR count). The van der Waals surface area contributed by atoms with Crippen molar-refractivity contribution in [3.05, 3.63) is 22.4 Å². The van der Waals surface area contributed by atoms with Crippen LogP contribution in [0.2, 0.25) is 0 Å². The van der Waals surface area contributed by atoms with Gasteiger partial charge < -0.3 is 15.6 Å². The third-order valence-electron chi connectivity index (χ3n) is 3.13. The van der Waals surface area contributed by atoms with Crippen LogP contribution in [0.5, 0.6) is 0 Å². The quantitative estimate of drug-likeness (QED) is 0.867. The number of likely N-dealkylation sites (tertiary alicyclic amines) is 1. The summed E-state index contributed by atoms with van der Waals surface area (Å²) in [4.78, 5) is 16.9. The van der Waals surface area contributed by atoms with Crippen molar-refractivity contribution in [3.63, 3.8) is 0 Å². The summed E-state index contributed by atoms with van der Waals surface area (Å²) in [6.45, 7) is 3.58. The molecule has 1 fully saturated rings. The summed E-state index contributed by atoms with van der Waals surface area (Å²) in [6, 6.07) is 1.97. The maximum absolute atomic E-state index is 12.1. The van der Waals surface area contributed by atoms with E-state index in [-0.39, 0.29) is 11.9 Å². The molecule has 3 N–H and O–H groups in total. The SMILES string of the molecule is CC(N)C1CCN(C(=O)c2cc(Br)c[nH]2)C1. The first kappa shape index (κ1) is 11.7. The van der Waals surface area contributed by atoms with E-state index in [2.05, 4.69) is 20.9 Å². The molecule has 88 valence electrons. The first-order chi connectivity index (χ1) is 7.58. The smallest absolute Gasteiger partial charge is 0.270 e. The van der Waals surface area contributed by atoms with Gasteiger partial charge in [0.2, 0.25) is 0 Å². The zero-order valence-electron chi connectivity index (χ0n) is 9.24. The molecule has 0 radical (unpaired) electrons. The lowest BCUT2D eigenvalue weighted by Crippen LogP contribution is -2.33. The normalized spacial score (nSPS) is 22.4. The average Bonchev–Trinajstić information content (AvgIpc) is 2.84. The van der Waals surface area contributed by atoms with Crippen LogP contribution >= 0.6 is 15.9 Å². The second-order valence-corrected chi connectivity index (χ2v) is 5.31. The lowest BCUT2D eigenvalue weighted by atomic mass is 10.0. The Hall–Kier alpha value is -0.810. The fourth-order valence-corrected chi connectivity index (χ4v) is 2.41. The first-order valence-electron chi connectivity index (χ1n) is 5.46. The van der Waals surface area contributed by atoms with E-state index < -0.39 is 0 Å². The van der Waals surface area contributed by atoms with Gasteiger partial charge in [-0.05, 0) is 41.3 Å². The van der Waals surface area contributed by atoms with Crippen molar-refractivity contribution >= 4 is 21.8 Å². The summed E-state index contributed by atoms with van der Waals surface area (Å²) in [5, 5.41) is 0. The third kappa shape index (κ3) is 2.30. The van der Waals surface area contributed by atoms with Gasteiger partial charge in [-0.1, -0.05) is 0 Å². The number of nitrogens with two attached hydrogens (primary N) is 1. The van der Waals surface area contributed by atoms with Crippen molar-refractivity contribution in [2.24, 2.45) is 11.7 Å². The number of hydrogen-bond acceptors (Lipinski definition) is 2. The van der Waals surface area contributed by atoms with Crippen molar-refractivity contribution in [1.29, 1.82) is 0 Å². The molecule has 1 aliphatic heterocycles. The van der Waals surface area contributed by atoms with E-state index >= 15 is 0 Å². The second-order valence-electron chi connectivity index (χ2n) is 4.39. The molecule has 16 heavy (non-hydrogen) atoms. The highest BCUT2D eigenvalue weighted by atomic mass is 79.9. The maximum atomic E-state index is 12.1. The molecule has 2 unspecified atom stereocenters. The van der Waals surface area contributed by atoms with Gasteiger partial charge >= 0.3 is 0 Å². The molecule has 0 spiro atoms. The van der Waals surface area contributed by atoms with Crippen LogP contribution in [0.15, 0.2) is 16.7 Å². The van der Waals surface area contributed by atoms with E-state index in [1.807, 2.05) is 17.9 Å². The molecule has 4 nitrogen and oxygen atoms in total. The molecular formula is C11H16BrN3O. The van der Waals surface area contributed by atoms with Crippen molar-refractivity contribution in [2.45, 2.75) is 19.4 Å². The highest BCUT2D eigenvalue weighted by molar-refractivity contribution is 9.10. The molecule has 1 saturated heterocycles. The van der Waals surface area contributed by atoms with E-state index in [0.29, 0.717) is 11.6 Å². The van der Waals surface area contributed by atoms with Gasteiger partial charge in [-0.15, -0.1) is 0 Å². The Kier molecular flexibility index (Phi) is 3.35. The van der Waals surface area contributed by atoms with Crippen LogP contribution in [0.4, 0.5) is 0 Å². The van der Waals surface area contributed by atoms with E-state index in [0.717, 1.165) is 24.0 Å². The van der Waals surface area contributed by atoms with Crippen molar-refractivity contribution in [3.8, 4) is 0 Å². The third-order valence-corrected chi connectivity index (χ3v) is 3.59. The number of nitrogens with zero attached hydrogens (tertiary/aromatic N) is 1. The number of H-pyrrole nitrogens is 1. The molecule has 0 aliphatic carbocycles. The van der Waals surface area contributed by atoms with Crippen LogP contribution in [-0.4, -0.2) is 34.9 Å². The molecule has 1 aromatic heterocycles. The van der Waals surface area contributed by atoms with Gasteiger partial charge in [0.25, 0.3) is 5.91 Å². The van der Waals surface area contributed by atoms with Gasteiger partial charge in [0, 0.05) is 29.8 Å². The first-order valence-corrected chi connectivity index (χ1v) is 6.26. The number of rotatable bonds is 2. The van der Waals surface area contributed by atoms with E-state index in [1.54, 1.807) is 6.20 Å². The summed E-state index contributed by atoms with van der Waals surface area (Å²) in [6.07, 6.45) is 2.78. The predicted octanol–water partition coefficient (Wildman–Crippen LogP) is 1.59. The molecule has 0 saturated carbocycles. The molecule has 0 bridgehead atoms. The fourth-order valence-electron chi connectivity index (χ4n) is 2.06. The van der Waals surface area contributed by atoms with E-state index in [4.69, 9.17) is 5.73 Å². The van der Waals surface area contributed by atoms with Gasteiger partial charge in [-0.3, -0.25) is 4.79 Å². The van der Waals surface area contributed by atoms with Crippen LogP contribution in [0.3, 0.4) is 0 Å². The van der Waals surface area contributed by atoms with Crippen molar-refractivity contribution in [2.75, 3.05) is 13.1 Å². The molecule has 1 aromatic rings. The van der Waals surface area contributed by atoms with Crippen LogP contribution in [0, 0.1) is 5.92 Å². The Morgan fingerprint density at radius 3 is 3.00 bits per heavy atom. The summed E-state index contributed by atoms with van der Waals surface area (Å²) in [5.74, 6) is 0.496. The number of aromatic nitrogens is 1. The van der Waals surface area contributed by atoms with Gasteiger partial charge in [0.1, 0.15) is 5.69 Å². The number of nitrogens with one attached hydrogen (secondary N) is 1. The van der Waals surface area contributed by atoms with E-state index in [9.17, 15) is 4.79 Å². The number of halogens is 1. The summed E-state index contributed by atoms with van der Waals surface area (Å²) < 4.78 is 0.902. The molecule has 1 amide bonds. The summed E-state index contributed by atoms with van der Waals surface area (Å²) in [7, 11) is 0. The highest BCUT2D eigenvalue weighted by Gasteiger charge is 2.29. The average molecular weight is 286 g/mol. The molecule has 1 aliphatic rings.